The lowest BCUT2D eigenvalue weighted by Gasteiger charge is -2.16. The van der Waals surface area contributed by atoms with Crippen LogP contribution in [-0.2, 0) is 22.6 Å². The molecule has 1 fully saturated rings. The van der Waals surface area contributed by atoms with E-state index in [-0.39, 0.29) is 0 Å². The van der Waals surface area contributed by atoms with Crippen molar-refractivity contribution in [2.24, 2.45) is 4.99 Å². The van der Waals surface area contributed by atoms with Crippen molar-refractivity contribution in [2.45, 2.75) is 38.5 Å². The monoisotopic (exact) mass is 362 g/mol. The largest absolute Gasteiger partial charge is 0.379 e. The van der Waals surface area contributed by atoms with Crippen molar-refractivity contribution in [1.82, 2.24) is 15.5 Å². The topological polar surface area (TPSA) is 58.1 Å². The van der Waals surface area contributed by atoms with E-state index in [4.69, 9.17) is 9.47 Å². The first-order valence-electron chi connectivity index (χ1n) is 9.54. The summed E-state index contributed by atoms with van der Waals surface area (Å²) in [4.78, 5) is 6.48. The van der Waals surface area contributed by atoms with E-state index < -0.39 is 0 Å². The van der Waals surface area contributed by atoms with Crippen LogP contribution in [0.3, 0.4) is 0 Å². The van der Waals surface area contributed by atoms with Crippen LogP contribution in [0.1, 0.15) is 30.4 Å². The van der Waals surface area contributed by atoms with Crippen molar-refractivity contribution in [3.63, 3.8) is 0 Å². The summed E-state index contributed by atoms with van der Waals surface area (Å²) in [5, 5.41) is 6.74. The number of hydrogen-bond donors (Lipinski definition) is 2. The van der Waals surface area contributed by atoms with Gasteiger partial charge in [-0.15, -0.1) is 0 Å². The Morgan fingerprint density at radius 1 is 1.27 bits per heavy atom. The molecule has 146 valence electrons. The zero-order chi connectivity index (χ0) is 18.6. The molecule has 2 rings (SSSR count). The number of guanidine groups is 1. The van der Waals surface area contributed by atoms with Gasteiger partial charge in [-0.1, -0.05) is 24.3 Å². The highest BCUT2D eigenvalue weighted by Crippen LogP contribution is 2.12. The molecule has 1 aromatic rings. The van der Waals surface area contributed by atoms with Crippen molar-refractivity contribution in [1.29, 1.82) is 0 Å². The summed E-state index contributed by atoms with van der Waals surface area (Å²) in [6, 6.07) is 8.51. The highest BCUT2D eigenvalue weighted by molar-refractivity contribution is 5.79. The molecule has 0 spiro atoms. The average Bonchev–Trinajstić information content (AvgIpc) is 3.14. The van der Waals surface area contributed by atoms with Gasteiger partial charge < -0.3 is 25.0 Å². The van der Waals surface area contributed by atoms with E-state index in [0.717, 1.165) is 64.7 Å². The summed E-state index contributed by atoms with van der Waals surface area (Å²) in [6.07, 6.45) is 3.55. The van der Waals surface area contributed by atoms with Crippen LogP contribution >= 0.6 is 0 Å². The first-order chi connectivity index (χ1) is 12.7. The maximum absolute atomic E-state index is 5.69. The Morgan fingerprint density at radius 3 is 2.77 bits per heavy atom. The first-order valence-corrected chi connectivity index (χ1v) is 9.54. The van der Waals surface area contributed by atoms with Gasteiger partial charge in [-0.2, -0.15) is 0 Å². The van der Waals surface area contributed by atoms with Crippen LogP contribution in [0.5, 0.6) is 0 Å². The van der Waals surface area contributed by atoms with E-state index in [0.29, 0.717) is 6.10 Å². The van der Waals surface area contributed by atoms with E-state index in [1.165, 1.54) is 11.1 Å². The quantitative estimate of drug-likeness (QED) is 0.379. The number of benzene rings is 1. The van der Waals surface area contributed by atoms with Gasteiger partial charge in [0.05, 0.1) is 12.7 Å². The number of rotatable bonds is 10. The smallest absolute Gasteiger partial charge is 0.191 e. The van der Waals surface area contributed by atoms with Crippen LogP contribution in [0.2, 0.25) is 0 Å². The maximum Gasteiger partial charge on any atom is 0.191 e. The molecule has 1 aliphatic rings. The fourth-order valence-corrected chi connectivity index (χ4v) is 3.00. The third-order valence-corrected chi connectivity index (χ3v) is 4.36. The summed E-state index contributed by atoms with van der Waals surface area (Å²) < 4.78 is 11.2. The number of aliphatic imine (C=N–C) groups is 1. The van der Waals surface area contributed by atoms with Gasteiger partial charge in [-0.3, -0.25) is 4.99 Å². The van der Waals surface area contributed by atoms with E-state index in [2.05, 4.69) is 58.9 Å². The van der Waals surface area contributed by atoms with E-state index in [9.17, 15) is 0 Å². The van der Waals surface area contributed by atoms with E-state index >= 15 is 0 Å². The molecule has 2 N–H and O–H groups in total. The molecule has 0 aliphatic carbocycles. The Morgan fingerprint density at radius 2 is 2.08 bits per heavy atom. The lowest BCUT2D eigenvalue weighted by atomic mass is 10.1. The highest BCUT2D eigenvalue weighted by atomic mass is 16.5. The second-order valence-electron chi connectivity index (χ2n) is 6.92. The standard InChI is InChI=1S/C20H34N4O2/c1-21-20(22-11-7-12-25-16-19-10-6-13-26-19)23-14-17-8-4-5-9-18(17)15-24(2)3/h4-5,8-9,19H,6-7,10-16H2,1-3H3,(H2,21,22,23). The van der Waals surface area contributed by atoms with Crippen LogP contribution in [0.4, 0.5) is 0 Å². The summed E-state index contributed by atoms with van der Waals surface area (Å²) in [5.74, 6) is 0.823. The molecule has 1 heterocycles. The van der Waals surface area contributed by atoms with Crippen LogP contribution in [0, 0.1) is 0 Å². The Balaban J connectivity index is 1.63. The van der Waals surface area contributed by atoms with Crippen LogP contribution in [0.15, 0.2) is 29.3 Å². The fraction of sp³-hybridized carbons (Fsp3) is 0.650. The SMILES string of the molecule is CN=C(NCCCOCC1CCCO1)NCc1ccccc1CN(C)C. The van der Waals surface area contributed by atoms with Gasteiger partial charge in [0.2, 0.25) is 0 Å². The first kappa shape index (κ1) is 20.7. The molecule has 1 aliphatic heterocycles. The second kappa shape index (κ2) is 11.9. The molecular formula is C20H34N4O2. The zero-order valence-corrected chi connectivity index (χ0v) is 16.5. The molecule has 0 amide bonds. The number of nitrogens with zero attached hydrogens (tertiary/aromatic N) is 2. The van der Waals surface area contributed by atoms with Gasteiger partial charge >= 0.3 is 0 Å². The van der Waals surface area contributed by atoms with Crippen LogP contribution < -0.4 is 10.6 Å². The molecule has 0 radical (unpaired) electrons. The van der Waals surface area contributed by atoms with Gasteiger partial charge in [0, 0.05) is 39.9 Å². The third kappa shape index (κ3) is 7.72. The average molecular weight is 363 g/mol. The Labute approximate surface area is 158 Å². The van der Waals surface area contributed by atoms with Crippen molar-refractivity contribution in [2.75, 3.05) is 47.5 Å². The Kier molecular flexibility index (Phi) is 9.45. The molecule has 1 aromatic carbocycles. The minimum absolute atomic E-state index is 0.305. The van der Waals surface area contributed by atoms with Gasteiger partial charge in [0.15, 0.2) is 5.96 Å². The summed E-state index contributed by atoms with van der Waals surface area (Å²) in [7, 11) is 5.98. The van der Waals surface area contributed by atoms with Gasteiger partial charge in [0.25, 0.3) is 0 Å². The molecular weight excluding hydrogens is 328 g/mol. The van der Waals surface area contributed by atoms with Gasteiger partial charge in [0.1, 0.15) is 0 Å². The number of hydrogen-bond acceptors (Lipinski definition) is 4. The Hall–Kier alpha value is -1.63. The summed E-state index contributed by atoms with van der Waals surface area (Å²) in [6.45, 7) is 4.89. The van der Waals surface area contributed by atoms with Gasteiger partial charge in [-0.05, 0) is 44.5 Å². The molecule has 0 bridgehead atoms. The highest BCUT2D eigenvalue weighted by Gasteiger charge is 2.14. The molecule has 1 saturated heterocycles. The molecule has 26 heavy (non-hydrogen) atoms. The minimum Gasteiger partial charge on any atom is -0.379 e. The lowest BCUT2D eigenvalue weighted by Crippen LogP contribution is -2.37. The summed E-state index contributed by atoms with van der Waals surface area (Å²) in [5.41, 5.74) is 2.63. The predicted octanol–water partition coefficient (Wildman–Crippen LogP) is 2.00. The maximum atomic E-state index is 5.69. The minimum atomic E-state index is 0.305. The number of nitrogens with one attached hydrogen (secondary N) is 2. The molecule has 0 saturated carbocycles. The van der Waals surface area contributed by atoms with Crippen molar-refractivity contribution < 1.29 is 9.47 Å². The lowest BCUT2D eigenvalue weighted by molar-refractivity contribution is 0.0168. The molecule has 1 atom stereocenters. The van der Waals surface area contributed by atoms with Gasteiger partial charge in [-0.25, -0.2) is 0 Å². The molecule has 0 aromatic heterocycles. The predicted molar refractivity (Wildman–Crippen MR) is 106 cm³/mol. The second-order valence-corrected chi connectivity index (χ2v) is 6.92. The normalized spacial score (nSPS) is 17.7. The number of ether oxygens (including phenoxy) is 2. The summed E-state index contributed by atoms with van der Waals surface area (Å²) >= 11 is 0. The molecule has 1 unspecified atom stereocenters. The molecule has 6 nitrogen and oxygen atoms in total. The fourth-order valence-electron chi connectivity index (χ4n) is 3.00. The van der Waals surface area contributed by atoms with Crippen molar-refractivity contribution >= 4 is 5.96 Å². The zero-order valence-electron chi connectivity index (χ0n) is 16.5. The third-order valence-electron chi connectivity index (χ3n) is 4.36. The van der Waals surface area contributed by atoms with Crippen molar-refractivity contribution in [3.05, 3.63) is 35.4 Å². The Bertz CT molecular complexity index is 542. The van der Waals surface area contributed by atoms with Crippen molar-refractivity contribution in [3.8, 4) is 0 Å². The van der Waals surface area contributed by atoms with Crippen LogP contribution in [-0.4, -0.2) is 64.5 Å². The van der Waals surface area contributed by atoms with Crippen LogP contribution in [0.25, 0.3) is 0 Å². The van der Waals surface area contributed by atoms with E-state index in [1.54, 1.807) is 7.05 Å². The van der Waals surface area contributed by atoms with E-state index in [1.807, 2.05) is 0 Å². The molecule has 6 heteroatoms.